The molecule has 0 fully saturated rings. The molecule has 0 saturated heterocycles. The van der Waals surface area contributed by atoms with E-state index in [9.17, 15) is 0 Å². The molecule has 0 bridgehead atoms. The SMILES string of the molecule is Cc1cc(N(c2ccc3c(c2)C(C)(C)c2ccccc2-3)c2ccc3c(c2)sc2ccccc23)cc([Si]2(c3ccccc3)c3ccccc3-c3ccccc32)c1. The maximum absolute atomic E-state index is 2.71. The average Bonchev–Trinajstić information content (AvgIpc) is 3.82. The molecule has 2 heterocycles. The number of aryl methyl sites for hydroxylation is 1. The molecular formula is C52H39NSSi. The summed E-state index contributed by atoms with van der Waals surface area (Å²) in [5.74, 6) is 0. The maximum atomic E-state index is 2.54. The molecule has 0 unspecified atom stereocenters. The fraction of sp³-hybridized carbons (Fsp3) is 0.0769. The molecule has 11 rings (SSSR count). The highest BCUT2D eigenvalue weighted by Gasteiger charge is 2.48. The molecule has 1 aliphatic carbocycles. The highest BCUT2D eigenvalue weighted by molar-refractivity contribution is 7.26. The van der Waals surface area contributed by atoms with E-state index in [0.29, 0.717) is 0 Å². The second-order valence-electron chi connectivity index (χ2n) is 15.8. The lowest BCUT2D eigenvalue weighted by molar-refractivity contribution is 0.660. The normalized spacial score (nSPS) is 14.4. The topological polar surface area (TPSA) is 3.24 Å². The Balaban J connectivity index is 1.18. The van der Waals surface area contributed by atoms with Gasteiger partial charge in [0.2, 0.25) is 0 Å². The van der Waals surface area contributed by atoms with Crippen LogP contribution in [0, 0.1) is 6.92 Å². The van der Waals surface area contributed by atoms with Crippen LogP contribution in [-0.4, -0.2) is 8.07 Å². The third kappa shape index (κ3) is 4.64. The standard InChI is InChI=1S/C52H39NSSi/c1-34-29-37(31-39(30-34)55(38-15-5-4-6-16-38)50-23-13-9-19-44(50)45-20-10-14-24-51(45)55)53(36-26-28-43-42-18-8-12-22-48(42)54-49(43)33-36)35-25-27-41-40-17-7-11-21-46(40)52(2,3)47(41)32-35/h4-33H,1-3H3. The largest absolute Gasteiger partial charge is 0.310 e. The Morgan fingerprint density at radius 3 is 1.82 bits per heavy atom. The van der Waals surface area contributed by atoms with Crippen LogP contribution in [0.2, 0.25) is 0 Å². The third-order valence-electron chi connectivity index (χ3n) is 12.4. The van der Waals surface area contributed by atoms with E-state index in [1.54, 1.807) is 0 Å². The molecule has 0 radical (unpaired) electrons. The van der Waals surface area contributed by atoms with Gasteiger partial charge in [0.05, 0.1) is 0 Å². The van der Waals surface area contributed by atoms with Crippen LogP contribution in [0.3, 0.4) is 0 Å². The number of rotatable bonds is 5. The molecule has 1 aromatic heterocycles. The summed E-state index contributed by atoms with van der Waals surface area (Å²) >= 11 is 1.88. The van der Waals surface area contributed by atoms with E-state index in [1.165, 1.54) is 96.9 Å². The van der Waals surface area contributed by atoms with Crippen molar-refractivity contribution < 1.29 is 0 Å². The summed E-state index contributed by atoms with van der Waals surface area (Å²) in [6.45, 7) is 7.04. The van der Waals surface area contributed by atoms with Gasteiger partial charge in [-0.1, -0.05) is 153 Å². The molecule has 0 amide bonds. The molecule has 262 valence electrons. The molecule has 8 aromatic carbocycles. The summed E-state index contributed by atoms with van der Waals surface area (Å²) in [6, 6.07) is 69.1. The number of hydrogen-bond acceptors (Lipinski definition) is 2. The van der Waals surface area contributed by atoms with Crippen LogP contribution in [-0.2, 0) is 5.41 Å². The highest BCUT2D eigenvalue weighted by Crippen LogP contribution is 2.51. The molecular weight excluding hydrogens is 699 g/mol. The summed E-state index contributed by atoms with van der Waals surface area (Å²) in [4.78, 5) is 2.53. The second kappa shape index (κ2) is 12.0. The molecule has 3 heteroatoms. The summed E-state index contributed by atoms with van der Waals surface area (Å²) in [6.07, 6.45) is 0. The zero-order valence-electron chi connectivity index (χ0n) is 31.2. The third-order valence-corrected chi connectivity index (χ3v) is 18.3. The van der Waals surface area contributed by atoms with Crippen LogP contribution >= 0.6 is 11.3 Å². The molecule has 0 spiro atoms. The van der Waals surface area contributed by atoms with E-state index in [4.69, 9.17) is 0 Å². The van der Waals surface area contributed by atoms with Gasteiger partial charge >= 0.3 is 0 Å². The molecule has 2 aliphatic rings. The number of fused-ring (bicyclic) bond motifs is 9. The Hall–Kier alpha value is -6.00. The Morgan fingerprint density at radius 1 is 0.436 bits per heavy atom. The average molecular weight is 738 g/mol. The fourth-order valence-corrected chi connectivity index (χ4v) is 16.4. The Morgan fingerprint density at radius 2 is 1.04 bits per heavy atom. The predicted octanol–water partition coefficient (Wildman–Crippen LogP) is 11.5. The minimum Gasteiger partial charge on any atom is -0.310 e. The summed E-state index contributed by atoms with van der Waals surface area (Å²) in [7, 11) is -2.71. The molecule has 0 saturated carbocycles. The van der Waals surface area contributed by atoms with Crippen molar-refractivity contribution >= 4 is 77.4 Å². The summed E-state index contributed by atoms with van der Waals surface area (Å²) in [5, 5.41) is 8.40. The minimum atomic E-state index is -2.71. The van der Waals surface area contributed by atoms with Gasteiger partial charge in [-0.25, -0.2) is 0 Å². The predicted molar refractivity (Wildman–Crippen MR) is 239 cm³/mol. The van der Waals surface area contributed by atoms with Crippen LogP contribution < -0.4 is 25.6 Å². The van der Waals surface area contributed by atoms with Crippen molar-refractivity contribution in [1.29, 1.82) is 0 Å². The lowest BCUT2D eigenvalue weighted by atomic mass is 9.82. The summed E-state index contributed by atoms with van der Waals surface area (Å²) < 4.78 is 2.63. The quantitative estimate of drug-likeness (QED) is 0.159. The number of benzene rings is 8. The monoisotopic (exact) mass is 737 g/mol. The first-order chi connectivity index (χ1) is 26.9. The van der Waals surface area contributed by atoms with Crippen molar-refractivity contribution in [3.63, 3.8) is 0 Å². The van der Waals surface area contributed by atoms with E-state index in [0.717, 1.165) is 0 Å². The first kappa shape index (κ1) is 32.4. The van der Waals surface area contributed by atoms with Gasteiger partial charge in [-0.2, -0.15) is 0 Å². The van der Waals surface area contributed by atoms with E-state index < -0.39 is 8.07 Å². The van der Waals surface area contributed by atoms with Crippen molar-refractivity contribution in [3.8, 4) is 22.3 Å². The van der Waals surface area contributed by atoms with Crippen LogP contribution in [0.1, 0.15) is 30.5 Å². The van der Waals surface area contributed by atoms with Crippen molar-refractivity contribution in [2.75, 3.05) is 4.90 Å². The zero-order valence-corrected chi connectivity index (χ0v) is 33.0. The molecule has 55 heavy (non-hydrogen) atoms. The number of nitrogens with zero attached hydrogens (tertiary/aromatic N) is 1. The molecule has 0 N–H and O–H groups in total. The number of anilines is 3. The van der Waals surface area contributed by atoms with Gasteiger partial charge in [0.15, 0.2) is 8.07 Å². The van der Waals surface area contributed by atoms with Gasteiger partial charge in [0.25, 0.3) is 0 Å². The first-order valence-electron chi connectivity index (χ1n) is 19.3. The van der Waals surface area contributed by atoms with E-state index in [-0.39, 0.29) is 5.41 Å². The van der Waals surface area contributed by atoms with E-state index >= 15 is 0 Å². The number of hydrogen-bond donors (Lipinski definition) is 0. The van der Waals surface area contributed by atoms with Crippen molar-refractivity contribution in [1.82, 2.24) is 0 Å². The molecule has 0 atom stereocenters. The van der Waals surface area contributed by atoms with Crippen LogP contribution in [0.25, 0.3) is 42.4 Å². The van der Waals surface area contributed by atoms with Crippen molar-refractivity contribution in [2.24, 2.45) is 0 Å². The maximum Gasteiger partial charge on any atom is 0.180 e. The molecule has 1 nitrogen and oxygen atoms in total. The smallest absolute Gasteiger partial charge is 0.180 e. The van der Waals surface area contributed by atoms with E-state index in [1.807, 2.05) is 11.3 Å². The first-order valence-corrected chi connectivity index (χ1v) is 22.1. The van der Waals surface area contributed by atoms with Gasteiger partial charge in [-0.15, -0.1) is 11.3 Å². The van der Waals surface area contributed by atoms with Gasteiger partial charge < -0.3 is 4.90 Å². The minimum absolute atomic E-state index is 0.109. The van der Waals surface area contributed by atoms with E-state index in [2.05, 4.69) is 208 Å². The zero-order chi connectivity index (χ0) is 36.9. The van der Waals surface area contributed by atoms with Crippen LogP contribution in [0.5, 0.6) is 0 Å². The van der Waals surface area contributed by atoms with Crippen molar-refractivity contribution in [3.05, 3.63) is 199 Å². The fourth-order valence-electron chi connectivity index (χ4n) is 9.95. The Bertz CT molecular complexity index is 2950. The Labute approximate surface area is 327 Å². The van der Waals surface area contributed by atoms with Crippen LogP contribution in [0.15, 0.2) is 182 Å². The second-order valence-corrected chi connectivity index (χ2v) is 20.6. The summed E-state index contributed by atoms with van der Waals surface area (Å²) in [5.41, 5.74) is 12.9. The van der Waals surface area contributed by atoms with Crippen molar-refractivity contribution in [2.45, 2.75) is 26.2 Å². The lowest BCUT2D eigenvalue weighted by Gasteiger charge is -2.34. The van der Waals surface area contributed by atoms with Crippen LogP contribution in [0.4, 0.5) is 17.1 Å². The molecule has 9 aromatic rings. The van der Waals surface area contributed by atoms with Gasteiger partial charge in [-0.05, 0) is 109 Å². The molecule has 1 aliphatic heterocycles. The van der Waals surface area contributed by atoms with Gasteiger partial charge in [0, 0.05) is 42.6 Å². The lowest BCUT2D eigenvalue weighted by Crippen LogP contribution is -2.72. The van der Waals surface area contributed by atoms with Gasteiger partial charge in [0.1, 0.15) is 0 Å². The number of thiophene rings is 1. The highest BCUT2D eigenvalue weighted by atomic mass is 32.1. The Kier molecular flexibility index (Phi) is 7.07. The van der Waals surface area contributed by atoms with Gasteiger partial charge in [-0.3, -0.25) is 0 Å².